The number of carbonyl (C=O) groups is 3. The second-order valence-electron chi connectivity index (χ2n) is 17.2. The molecule has 0 aliphatic carbocycles. The van der Waals surface area contributed by atoms with E-state index in [1.807, 2.05) is 42.2 Å². The van der Waals surface area contributed by atoms with Gasteiger partial charge in [0, 0.05) is 87.0 Å². The zero-order chi connectivity index (χ0) is 42.4. The quantitative estimate of drug-likeness (QED) is 0.157. The molecule has 4 aliphatic heterocycles. The number of rotatable bonds is 8. The summed E-state index contributed by atoms with van der Waals surface area (Å²) in [6.07, 6.45) is 4.17. The van der Waals surface area contributed by atoms with Gasteiger partial charge in [0.25, 0.3) is 5.91 Å². The molecule has 4 saturated heterocycles. The first-order valence-electron chi connectivity index (χ1n) is 21.7. The molecule has 4 aliphatic rings. The van der Waals surface area contributed by atoms with Gasteiger partial charge in [0.15, 0.2) is 5.82 Å². The Kier molecular flexibility index (Phi) is 11.1. The van der Waals surface area contributed by atoms with Gasteiger partial charge in [-0.25, -0.2) is 4.79 Å². The van der Waals surface area contributed by atoms with Gasteiger partial charge in [0.2, 0.25) is 5.91 Å². The number of likely N-dealkylation sites (tertiary alicyclic amines) is 2. The van der Waals surface area contributed by atoms with Gasteiger partial charge in [-0.15, -0.1) is 10.2 Å². The van der Waals surface area contributed by atoms with Crippen molar-refractivity contribution in [1.82, 2.24) is 29.9 Å². The molecule has 0 bridgehead atoms. The lowest BCUT2D eigenvalue weighted by Gasteiger charge is -2.38. The van der Waals surface area contributed by atoms with Crippen molar-refractivity contribution in [2.75, 3.05) is 74.5 Å². The smallest absolute Gasteiger partial charge is 0.328 e. The van der Waals surface area contributed by atoms with Gasteiger partial charge in [-0.05, 0) is 112 Å². The molecule has 61 heavy (non-hydrogen) atoms. The van der Waals surface area contributed by atoms with E-state index in [2.05, 4.69) is 61.9 Å². The molecule has 3 aromatic carbocycles. The standard InChI is InChI=1S/C47H55N9O5/c1-29-25-37-39(55-22-17-44(58)49-47(55)60)8-6-9-40(37)56(29)33-15-18-52(19-16-33)27-32-13-20-53(21-14-32)46(59)35-12-11-34(30(2)31(35)3)43-28-54(23-24-61-43)41-26-38(50-51-45(41)48)36-7-4-5-10-42(36)57/h4-12,25-26,32-33,43,57H,13-24,27-28H2,1-3H3,(H2,48,51)(H,49,58,60)/t43-/m0/s1. The number of benzene rings is 3. The number of ether oxygens (including phenoxy) is 1. The first-order chi connectivity index (χ1) is 29.5. The maximum absolute atomic E-state index is 14.0. The number of phenolic OH excluding ortho intramolecular Hbond substituents is 1. The summed E-state index contributed by atoms with van der Waals surface area (Å²) < 4.78 is 8.76. The summed E-state index contributed by atoms with van der Waals surface area (Å²) in [4.78, 5) is 47.0. The largest absolute Gasteiger partial charge is 0.507 e. The number of phenols is 1. The van der Waals surface area contributed by atoms with Crippen LogP contribution in [0.25, 0.3) is 22.2 Å². The molecule has 4 fully saturated rings. The van der Waals surface area contributed by atoms with E-state index in [4.69, 9.17) is 10.5 Å². The molecule has 318 valence electrons. The molecule has 2 aromatic heterocycles. The van der Waals surface area contributed by atoms with Gasteiger partial charge in [-0.1, -0.05) is 24.3 Å². The molecule has 4 amide bonds. The predicted molar refractivity (Wildman–Crippen MR) is 236 cm³/mol. The van der Waals surface area contributed by atoms with Crippen molar-refractivity contribution in [2.24, 2.45) is 5.92 Å². The highest BCUT2D eigenvalue weighted by Gasteiger charge is 2.32. The molecule has 1 atom stereocenters. The monoisotopic (exact) mass is 825 g/mol. The van der Waals surface area contributed by atoms with E-state index in [1.165, 1.54) is 5.69 Å². The normalized spacial score (nSPS) is 19.8. The number of amides is 4. The summed E-state index contributed by atoms with van der Waals surface area (Å²) in [5, 5.41) is 22.4. The van der Waals surface area contributed by atoms with Crippen LogP contribution in [-0.2, 0) is 9.53 Å². The number of fused-ring (bicyclic) bond motifs is 1. The van der Waals surface area contributed by atoms with Crippen LogP contribution >= 0.6 is 0 Å². The summed E-state index contributed by atoms with van der Waals surface area (Å²) in [5.41, 5.74) is 15.2. The van der Waals surface area contributed by atoms with Crippen LogP contribution in [0.15, 0.2) is 66.7 Å². The van der Waals surface area contributed by atoms with E-state index < -0.39 is 0 Å². The fourth-order valence-electron chi connectivity index (χ4n) is 10.0. The third-order valence-corrected chi connectivity index (χ3v) is 13.5. The van der Waals surface area contributed by atoms with E-state index in [0.717, 1.165) is 103 Å². The van der Waals surface area contributed by atoms with E-state index in [9.17, 15) is 19.5 Å². The molecule has 0 radical (unpaired) electrons. The highest BCUT2D eigenvalue weighted by molar-refractivity contribution is 6.09. The molecule has 9 rings (SSSR count). The number of urea groups is 1. The molecular formula is C47H55N9O5. The molecular weight excluding hydrogens is 771 g/mol. The second-order valence-corrected chi connectivity index (χ2v) is 17.2. The predicted octanol–water partition coefficient (Wildman–Crippen LogP) is 6.52. The number of aryl methyl sites for hydroxylation is 1. The number of hydrogen-bond acceptors (Lipinski definition) is 10. The number of aromatic nitrogens is 3. The Balaban J connectivity index is 0.791. The zero-order valence-electron chi connectivity index (χ0n) is 35.3. The molecule has 5 aromatic rings. The minimum absolute atomic E-state index is 0.0943. The number of nitrogens with one attached hydrogen (secondary N) is 1. The summed E-state index contributed by atoms with van der Waals surface area (Å²) in [7, 11) is 0. The van der Waals surface area contributed by atoms with Gasteiger partial charge >= 0.3 is 6.03 Å². The van der Waals surface area contributed by atoms with Crippen molar-refractivity contribution in [1.29, 1.82) is 0 Å². The van der Waals surface area contributed by atoms with Crippen LogP contribution < -0.4 is 20.9 Å². The average molecular weight is 826 g/mol. The highest BCUT2D eigenvalue weighted by atomic mass is 16.5. The average Bonchev–Trinajstić information content (AvgIpc) is 3.61. The third kappa shape index (κ3) is 7.90. The topological polar surface area (TPSA) is 162 Å². The van der Waals surface area contributed by atoms with Crippen LogP contribution in [0, 0.1) is 26.7 Å². The third-order valence-electron chi connectivity index (χ3n) is 13.5. The number of imide groups is 1. The molecule has 14 heteroatoms. The number of aromatic hydroxyl groups is 1. The molecule has 4 N–H and O–H groups in total. The molecule has 0 saturated carbocycles. The molecule has 0 spiro atoms. The molecule has 0 unspecified atom stereocenters. The number of nitrogens with zero attached hydrogens (tertiary/aromatic N) is 7. The number of carbonyl (C=O) groups excluding carboxylic acids is 3. The van der Waals surface area contributed by atoms with Crippen molar-refractivity contribution in [3.8, 4) is 17.0 Å². The Morgan fingerprint density at radius 3 is 2.43 bits per heavy atom. The number of anilines is 3. The lowest BCUT2D eigenvalue weighted by atomic mass is 9.91. The lowest BCUT2D eigenvalue weighted by molar-refractivity contribution is -0.120. The van der Waals surface area contributed by atoms with Crippen molar-refractivity contribution in [3.63, 3.8) is 0 Å². The van der Waals surface area contributed by atoms with Crippen LogP contribution in [0.5, 0.6) is 5.75 Å². The fourth-order valence-corrected chi connectivity index (χ4v) is 10.0. The van der Waals surface area contributed by atoms with Crippen molar-refractivity contribution in [3.05, 3.63) is 94.7 Å². The van der Waals surface area contributed by atoms with Gasteiger partial charge in [0.1, 0.15) is 11.9 Å². The first kappa shape index (κ1) is 40.4. The minimum Gasteiger partial charge on any atom is -0.507 e. The maximum Gasteiger partial charge on any atom is 0.328 e. The van der Waals surface area contributed by atoms with E-state index >= 15 is 0 Å². The van der Waals surface area contributed by atoms with Crippen molar-refractivity contribution < 1.29 is 24.2 Å². The highest BCUT2D eigenvalue weighted by Crippen LogP contribution is 2.38. The van der Waals surface area contributed by atoms with Gasteiger partial charge in [-0.2, -0.15) is 0 Å². The molecule has 14 nitrogen and oxygen atoms in total. The van der Waals surface area contributed by atoms with Gasteiger partial charge in [0.05, 0.1) is 29.2 Å². The number of nitrogens with two attached hydrogens (primary N) is 1. The lowest BCUT2D eigenvalue weighted by Crippen LogP contribution is -2.49. The zero-order valence-corrected chi connectivity index (χ0v) is 35.3. The van der Waals surface area contributed by atoms with Crippen LogP contribution in [0.3, 0.4) is 0 Å². The Labute approximate surface area is 356 Å². The Hall–Kier alpha value is -5.99. The van der Waals surface area contributed by atoms with Gasteiger partial charge in [-0.3, -0.25) is 19.8 Å². The number of morpholine rings is 1. The first-order valence-corrected chi connectivity index (χ1v) is 21.7. The Bertz CT molecular complexity index is 2490. The number of hydrogen-bond donors (Lipinski definition) is 3. The summed E-state index contributed by atoms with van der Waals surface area (Å²) >= 11 is 0. The van der Waals surface area contributed by atoms with E-state index in [0.29, 0.717) is 61.7 Å². The summed E-state index contributed by atoms with van der Waals surface area (Å²) in [5.74, 6) is 0.873. The summed E-state index contributed by atoms with van der Waals surface area (Å²) in [6.45, 7) is 13.0. The number of nitrogen functional groups attached to an aromatic ring is 1. The van der Waals surface area contributed by atoms with Crippen LogP contribution in [-0.4, -0.2) is 106 Å². The maximum atomic E-state index is 14.0. The Morgan fingerprint density at radius 2 is 1.66 bits per heavy atom. The van der Waals surface area contributed by atoms with Gasteiger partial charge < -0.3 is 34.8 Å². The van der Waals surface area contributed by atoms with Crippen LogP contribution in [0.4, 0.5) is 22.0 Å². The number of para-hydroxylation sites is 1. The fraction of sp³-hybridized carbons (Fsp3) is 0.426. The Morgan fingerprint density at radius 1 is 0.869 bits per heavy atom. The van der Waals surface area contributed by atoms with Crippen molar-refractivity contribution in [2.45, 2.75) is 65.0 Å². The van der Waals surface area contributed by atoms with Crippen LogP contribution in [0.1, 0.15) is 77.0 Å². The second kappa shape index (κ2) is 16.8. The van der Waals surface area contributed by atoms with E-state index in [1.54, 1.807) is 23.1 Å². The van der Waals surface area contributed by atoms with Crippen LogP contribution in [0.2, 0.25) is 0 Å². The minimum atomic E-state index is -0.356. The SMILES string of the molecule is Cc1c(C(=O)N2CCC(CN3CCC(n4c(C)cc5c(N6CCC(=O)NC6=O)cccc54)CC3)CC2)ccc([C@@H]2CN(c3cc(-c4ccccc4O)nnc3N)CCO2)c1C. The number of piperidine rings is 2. The van der Waals surface area contributed by atoms with Crippen molar-refractivity contribution >= 4 is 45.9 Å². The van der Waals surface area contributed by atoms with E-state index in [-0.39, 0.29) is 29.7 Å². The molecule has 6 heterocycles. The summed E-state index contributed by atoms with van der Waals surface area (Å²) in [6, 6.07) is 21.3.